The third-order valence-electron chi connectivity index (χ3n) is 4.30. The number of rotatable bonds is 5. The lowest BCUT2D eigenvalue weighted by molar-refractivity contribution is -0.116. The van der Waals surface area contributed by atoms with Crippen LogP contribution in [-0.2, 0) is 17.8 Å². The number of aryl methyl sites for hydroxylation is 3. The zero-order valence-electron chi connectivity index (χ0n) is 14.7. The van der Waals surface area contributed by atoms with Gasteiger partial charge >= 0.3 is 0 Å². The van der Waals surface area contributed by atoms with Crippen molar-refractivity contribution in [2.45, 2.75) is 40.2 Å². The van der Waals surface area contributed by atoms with Crippen LogP contribution in [0, 0.1) is 20.8 Å². The van der Waals surface area contributed by atoms with Crippen LogP contribution in [-0.4, -0.2) is 25.5 Å². The van der Waals surface area contributed by atoms with Gasteiger partial charge < -0.3 is 11.1 Å². The highest BCUT2D eigenvalue weighted by atomic mass is 16.1. The fourth-order valence-electron chi connectivity index (χ4n) is 2.86. The van der Waals surface area contributed by atoms with E-state index in [1.165, 1.54) is 0 Å². The Kier molecular flexibility index (Phi) is 4.76. The summed E-state index contributed by atoms with van der Waals surface area (Å²) in [6, 6.07) is 7.74. The summed E-state index contributed by atoms with van der Waals surface area (Å²) in [7, 11) is 0. The molecule has 0 aliphatic carbocycles. The first-order valence-electron chi connectivity index (χ1n) is 8.27. The van der Waals surface area contributed by atoms with Crippen LogP contribution in [0.25, 0.3) is 5.78 Å². The van der Waals surface area contributed by atoms with Crippen LogP contribution in [0.4, 0.5) is 5.69 Å². The molecule has 0 saturated carbocycles. The number of amides is 1. The SMILES string of the molecule is Cc1ccccc1NC(=O)CCc1c(C)nc2nc(CN)nn2c1C. The predicted octanol–water partition coefficient (Wildman–Crippen LogP) is 2.08. The average Bonchev–Trinajstić information content (AvgIpc) is 3.00. The second-order valence-corrected chi connectivity index (χ2v) is 6.07. The molecule has 0 aliphatic rings. The molecule has 7 heteroatoms. The van der Waals surface area contributed by atoms with E-state index in [0.717, 1.165) is 28.2 Å². The molecule has 0 spiro atoms. The molecule has 0 saturated heterocycles. The van der Waals surface area contributed by atoms with Crippen molar-refractivity contribution in [1.82, 2.24) is 19.6 Å². The van der Waals surface area contributed by atoms with Crippen molar-refractivity contribution in [3.8, 4) is 0 Å². The van der Waals surface area contributed by atoms with E-state index in [2.05, 4.69) is 20.4 Å². The van der Waals surface area contributed by atoms with Crippen LogP contribution in [0.2, 0.25) is 0 Å². The van der Waals surface area contributed by atoms with Crippen molar-refractivity contribution < 1.29 is 4.79 Å². The zero-order valence-corrected chi connectivity index (χ0v) is 14.7. The summed E-state index contributed by atoms with van der Waals surface area (Å²) in [5, 5.41) is 7.32. The number of anilines is 1. The largest absolute Gasteiger partial charge is 0.326 e. The Bertz CT molecular complexity index is 931. The van der Waals surface area contributed by atoms with E-state index in [4.69, 9.17) is 5.73 Å². The number of carbonyl (C=O) groups is 1. The molecular formula is C18H22N6O. The number of hydrogen-bond donors (Lipinski definition) is 2. The molecule has 1 amide bonds. The topological polar surface area (TPSA) is 98.2 Å². The number of benzene rings is 1. The van der Waals surface area contributed by atoms with Gasteiger partial charge in [-0.25, -0.2) is 9.50 Å². The smallest absolute Gasteiger partial charge is 0.252 e. The molecule has 3 aromatic rings. The van der Waals surface area contributed by atoms with Crippen molar-refractivity contribution in [2.24, 2.45) is 5.73 Å². The van der Waals surface area contributed by atoms with Gasteiger partial charge in [-0.1, -0.05) is 18.2 Å². The van der Waals surface area contributed by atoms with Gasteiger partial charge in [-0.15, -0.1) is 5.10 Å². The molecule has 0 fully saturated rings. The first kappa shape index (κ1) is 17.0. The highest BCUT2D eigenvalue weighted by molar-refractivity contribution is 5.91. The highest BCUT2D eigenvalue weighted by Crippen LogP contribution is 2.17. The molecule has 7 nitrogen and oxygen atoms in total. The van der Waals surface area contributed by atoms with Crippen molar-refractivity contribution >= 4 is 17.4 Å². The molecule has 3 rings (SSSR count). The number of nitrogens with one attached hydrogen (secondary N) is 1. The van der Waals surface area contributed by atoms with Crippen molar-refractivity contribution in [3.05, 3.63) is 52.6 Å². The predicted molar refractivity (Wildman–Crippen MR) is 96.3 cm³/mol. The Morgan fingerprint density at radius 2 is 1.96 bits per heavy atom. The van der Waals surface area contributed by atoms with Crippen LogP contribution in [0.1, 0.15) is 34.8 Å². The molecule has 0 atom stereocenters. The molecule has 3 N–H and O–H groups in total. The van der Waals surface area contributed by atoms with Crippen LogP contribution < -0.4 is 11.1 Å². The molecule has 25 heavy (non-hydrogen) atoms. The Hall–Kier alpha value is -2.80. The quantitative estimate of drug-likeness (QED) is 0.742. The van der Waals surface area contributed by atoms with Crippen LogP contribution in [0.5, 0.6) is 0 Å². The normalized spacial score (nSPS) is 11.0. The first-order chi connectivity index (χ1) is 12.0. The Morgan fingerprint density at radius 3 is 2.68 bits per heavy atom. The summed E-state index contributed by atoms with van der Waals surface area (Å²) in [6.45, 7) is 6.14. The lowest BCUT2D eigenvalue weighted by Crippen LogP contribution is -2.15. The number of nitrogens with zero attached hydrogens (tertiary/aromatic N) is 4. The maximum Gasteiger partial charge on any atom is 0.252 e. The van der Waals surface area contributed by atoms with E-state index in [1.807, 2.05) is 45.0 Å². The lowest BCUT2D eigenvalue weighted by atomic mass is 10.1. The summed E-state index contributed by atoms with van der Waals surface area (Å²) >= 11 is 0. The molecule has 130 valence electrons. The van der Waals surface area contributed by atoms with Gasteiger partial charge in [-0.05, 0) is 44.4 Å². The molecule has 0 bridgehead atoms. The number of carbonyl (C=O) groups excluding carboxylic acids is 1. The van der Waals surface area contributed by atoms with E-state index in [-0.39, 0.29) is 12.5 Å². The Morgan fingerprint density at radius 1 is 1.20 bits per heavy atom. The second-order valence-electron chi connectivity index (χ2n) is 6.07. The molecule has 1 aromatic carbocycles. The minimum absolute atomic E-state index is 0.0190. The van der Waals surface area contributed by atoms with E-state index >= 15 is 0 Å². The molecule has 0 aliphatic heterocycles. The van der Waals surface area contributed by atoms with Crippen LogP contribution >= 0.6 is 0 Å². The fraction of sp³-hybridized carbons (Fsp3) is 0.333. The maximum atomic E-state index is 12.3. The summed E-state index contributed by atoms with van der Waals surface area (Å²) in [5.74, 6) is 1.09. The Labute approximate surface area is 146 Å². The minimum Gasteiger partial charge on any atom is -0.326 e. The zero-order chi connectivity index (χ0) is 18.0. The molecular weight excluding hydrogens is 316 g/mol. The molecule has 0 radical (unpaired) electrons. The number of hydrogen-bond acceptors (Lipinski definition) is 5. The van der Waals surface area contributed by atoms with Gasteiger partial charge in [0.25, 0.3) is 5.78 Å². The van der Waals surface area contributed by atoms with Crippen molar-refractivity contribution in [2.75, 3.05) is 5.32 Å². The monoisotopic (exact) mass is 338 g/mol. The minimum atomic E-state index is -0.0190. The maximum absolute atomic E-state index is 12.3. The second kappa shape index (κ2) is 6.98. The number of fused-ring (bicyclic) bond motifs is 1. The molecule has 2 aromatic heterocycles. The summed E-state index contributed by atoms with van der Waals surface area (Å²) in [4.78, 5) is 21.1. The molecule has 0 unspecified atom stereocenters. The third-order valence-corrected chi connectivity index (χ3v) is 4.30. The Balaban J connectivity index is 1.76. The fourth-order valence-corrected chi connectivity index (χ4v) is 2.86. The van der Waals surface area contributed by atoms with Gasteiger partial charge in [0.1, 0.15) is 0 Å². The van der Waals surface area contributed by atoms with Crippen molar-refractivity contribution in [3.63, 3.8) is 0 Å². The third kappa shape index (κ3) is 3.51. The van der Waals surface area contributed by atoms with E-state index < -0.39 is 0 Å². The number of nitrogens with two attached hydrogens (primary N) is 1. The van der Waals surface area contributed by atoms with Gasteiger partial charge in [-0.2, -0.15) is 4.98 Å². The van der Waals surface area contributed by atoms with Crippen LogP contribution in [0.15, 0.2) is 24.3 Å². The number of aromatic nitrogens is 4. The standard InChI is InChI=1S/C18H22N6O/c1-11-6-4-5-7-15(11)21-17(25)9-8-14-12(2)20-18-22-16(10-19)23-24(18)13(14)3/h4-7H,8-10,19H2,1-3H3,(H,21,25). The summed E-state index contributed by atoms with van der Waals surface area (Å²) in [5.41, 5.74) is 10.3. The van der Waals surface area contributed by atoms with Crippen molar-refractivity contribution in [1.29, 1.82) is 0 Å². The summed E-state index contributed by atoms with van der Waals surface area (Å²) < 4.78 is 1.70. The number of para-hydroxylation sites is 1. The average molecular weight is 338 g/mol. The van der Waals surface area contributed by atoms with Gasteiger partial charge in [0.15, 0.2) is 5.82 Å². The van der Waals surface area contributed by atoms with Crippen LogP contribution in [0.3, 0.4) is 0 Å². The lowest BCUT2D eigenvalue weighted by Gasteiger charge is -2.11. The van der Waals surface area contributed by atoms with E-state index in [0.29, 0.717) is 24.4 Å². The van der Waals surface area contributed by atoms with E-state index in [9.17, 15) is 4.79 Å². The van der Waals surface area contributed by atoms with Gasteiger partial charge in [0.05, 0.1) is 6.54 Å². The first-order valence-corrected chi connectivity index (χ1v) is 8.27. The van der Waals surface area contributed by atoms with Gasteiger partial charge in [-0.3, -0.25) is 4.79 Å². The molecule has 2 heterocycles. The van der Waals surface area contributed by atoms with Gasteiger partial charge in [0.2, 0.25) is 5.91 Å². The highest BCUT2D eigenvalue weighted by Gasteiger charge is 2.14. The van der Waals surface area contributed by atoms with Gasteiger partial charge in [0, 0.05) is 23.5 Å². The van der Waals surface area contributed by atoms with E-state index in [1.54, 1.807) is 4.52 Å². The summed E-state index contributed by atoms with van der Waals surface area (Å²) in [6.07, 6.45) is 0.970.